The number of rotatable bonds is 3. The Balaban J connectivity index is 2.52. The predicted molar refractivity (Wildman–Crippen MR) is 44.4 cm³/mol. The first-order valence-electron chi connectivity index (χ1n) is 3.94. The van der Waals surface area contributed by atoms with Crippen LogP contribution >= 0.6 is 0 Å². The molecule has 1 atom stereocenters. The lowest BCUT2D eigenvalue weighted by Crippen LogP contribution is -2.31. The summed E-state index contributed by atoms with van der Waals surface area (Å²) in [5.41, 5.74) is 2.65. The van der Waals surface area contributed by atoms with Crippen molar-refractivity contribution in [1.29, 1.82) is 0 Å². The van der Waals surface area contributed by atoms with Crippen LogP contribution in [0.3, 0.4) is 0 Å². The van der Waals surface area contributed by atoms with Gasteiger partial charge < -0.3 is 4.79 Å². The maximum Gasteiger partial charge on any atom is 0.141 e. The van der Waals surface area contributed by atoms with E-state index in [4.69, 9.17) is 0 Å². The molecule has 0 aromatic carbocycles. The molecule has 0 N–H and O–H groups in total. The van der Waals surface area contributed by atoms with Gasteiger partial charge in [0, 0.05) is 0 Å². The Morgan fingerprint density at radius 3 is 2.55 bits per heavy atom. The van der Waals surface area contributed by atoms with E-state index in [1.54, 1.807) is 6.08 Å². The molecule has 1 unspecified atom stereocenters. The number of hydrogen-bond donors (Lipinski definition) is 0. The Bertz CT molecular complexity index is 176. The fourth-order valence-electron chi connectivity index (χ4n) is 1.39. The van der Waals surface area contributed by atoms with Gasteiger partial charge in [0.2, 0.25) is 0 Å². The third-order valence-electron chi connectivity index (χ3n) is 1.99. The minimum Gasteiger partial charge on any atom is -0.301 e. The van der Waals surface area contributed by atoms with Crippen molar-refractivity contribution in [2.24, 2.45) is 0 Å². The molecule has 0 bridgehead atoms. The summed E-state index contributed by atoms with van der Waals surface area (Å²) >= 11 is 0. The first-order valence-corrected chi connectivity index (χ1v) is 3.94. The van der Waals surface area contributed by atoms with Gasteiger partial charge in [-0.1, -0.05) is 6.58 Å². The Morgan fingerprint density at radius 1 is 1.45 bits per heavy atom. The van der Waals surface area contributed by atoms with Crippen LogP contribution in [0, 0.1) is 0 Å². The number of aldehydes is 1. The molecule has 0 aliphatic carbocycles. The van der Waals surface area contributed by atoms with Gasteiger partial charge in [-0.3, -0.25) is 4.90 Å². The van der Waals surface area contributed by atoms with Crippen LogP contribution in [-0.4, -0.2) is 30.3 Å². The third-order valence-corrected chi connectivity index (χ3v) is 1.99. The summed E-state index contributed by atoms with van der Waals surface area (Å²) in [6.07, 6.45) is 5.08. The molecule has 0 spiro atoms. The molecule has 0 aromatic rings. The van der Waals surface area contributed by atoms with Crippen LogP contribution in [0.15, 0.2) is 18.4 Å². The highest BCUT2D eigenvalue weighted by Gasteiger charge is 2.18. The summed E-state index contributed by atoms with van der Waals surface area (Å²) in [5.74, 6) is 0. The zero-order valence-electron chi connectivity index (χ0n) is 6.62. The lowest BCUT2D eigenvalue weighted by Gasteiger charge is -2.17. The first kappa shape index (κ1) is 8.25. The minimum atomic E-state index is -0.0880. The van der Waals surface area contributed by atoms with E-state index in [2.05, 4.69) is 17.2 Å². The van der Waals surface area contributed by atoms with Crippen LogP contribution < -0.4 is 0 Å². The molecular weight excluding hydrogens is 138 g/mol. The summed E-state index contributed by atoms with van der Waals surface area (Å²) in [5, 5.41) is 0. The molecule has 2 heteroatoms. The van der Waals surface area contributed by atoms with Crippen LogP contribution in [0.4, 0.5) is 0 Å². The molecule has 2 nitrogen and oxygen atoms in total. The van der Waals surface area contributed by atoms with Crippen molar-refractivity contribution >= 4 is 6.29 Å². The molecule has 1 rings (SSSR count). The Labute approximate surface area is 67.2 Å². The normalized spacial score (nSPS) is 20.7. The highest BCUT2D eigenvalue weighted by Crippen LogP contribution is 2.10. The average Bonchev–Trinajstić information content (AvgIpc) is 2.52. The molecule has 11 heavy (non-hydrogen) atoms. The van der Waals surface area contributed by atoms with Crippen molar-refractivity contribution in [3.63, 3.8) is 0 Å². The van der Waals surface area contributed by atoms with Crippen LogP contribution in [0.2, 0.25) is 0 Å². The second-order valence-corrected chi connectivity index (χ2v) is 2.74. The Kier molecular flexibility index (Phi) is 3.09. The molecule has 1 fully saturated rings. The van der Waals surface area contributed by atoms with Crippen LogP contribution in [-0.2, 0) is 4.79 Å². The van der Waals surface area contributed by atoms with E-state index in [9.17, 15) is 4.79 Å². The van der Waals surface area contributed by atoms with Gasteiger partial charge in [0.15, 0.2) is 0 Å². The van der Waals surface area contributed by atoms with Gasteiger partial charge in [0.25, 0.3) is 0 Å². The molecule has 1 aliphatic heterocycles. The maximum absolute atomic E-state index is 10.5. The molecule has 1 aliphatic rings. The molecule has 0 amide bonds. The highest BCUT2D eigenvalue weighted by molar-refractivity contribution is 5.60. The van der Waals surface area contributed by atoms with Crippen molar-refractivity contribution in [3.8, 4) is 0 Å². The molecule has 0 radical (unpaired) electrons. The van der Waals surface area contributed by atoms with Crippen molar-refractivity contribution in [1.82, 2.24) is 4.90 Å². The number of hydrogen-bond acceptors (Lipinski definition) is 2. The fourth-order valence-corrected chi connectivity index (χ4v) is 1.39. The molecule has 60 valence electrons. The smallest absolute Gasteiger partial charge is 0.141 e. The van der Waals surface area contributed by atoms with E-state index >= 15 is 0 Å². The molecular formula is C9H13NO. The lowest BCUT2D eigenvalue weighted by atomic mass is 10.3. The predicted octanol–water partition coefficient (Wildman–Crippen LogP) is 0.991. The van der Waals surface area contributed by atoms with Crippen LogP contribution in [0.1, 0.15) is 12.8 Å². The van der Waals surface area contributed by atoms with Crippen LogP contribution in [0.25, 0.3) is 0 Å². The van der Waals surface area contributed by atoms with E-state index in [1.807, 2.05) is 0 Å². The number of carbonyl (C=O) groups is 1. The summed E-state index contributed by atoms with van der Waals surface area (Å²) in [7, 11) is 0. The maximum atomic E-state index is 10.5. The van der Waals surface area contributed by atoms with Gasteiger partial charge in [-0.05, 0) is 32.0 Å². The van der Waals surface area contributed by atoms with Gasteiger partial charge in [-0.25, -0.2) is 0 Å². The lowest BCUT2D eigenvalue weighted by molar-refractivity contribution is -0.110. The van der Waals surface area contributed by atoms with E-state index in [0.717, 1.165) is 19.4 Å². The van der Waals surface area contributed by atoms with Gasteiger partial charge in [0.05, 0.1) is 6.04 Å². The zero-order valence-corrected chi connectivity index (χ0v) is 6.62. The van der Waals surface area contributed by atoms with E-state index in [0.29, 0.717) is 0 Å². The Hall–Kier alpha value is -0.850. The summed E-state index contributed by atoms with van der Waals surface area (Å²) in [6.45, 7) is 5.51. The summed E-state index contributed by atoms with van der Waals surface area (Å²) in [6, 6.07) is -0.0880. The van der Waals surface area contributed by atoms with Crippen molar-refractivity contribution in [3.05, 3.63) is 18.4 Å². The quantitative estimate of drug-likeness (QED) is 0.443. The van der Waals surface area contributed by atoms with E-state index in [-0.39, 0.29) is 6.04 Å². The zero-order chi connectivity index (χ0) is 8.10. The standard InChI is InChI=1S/C9H13NO/c1-2-5-9(8-11)10-6-3-4-7-10/h5,8-9H,1,3-4,6-7H2. The summed E-state index contributed by atoms with van der Waals surface area (Å²) < 4.78 is 0. The summed E-state index contributed by atoms with van der Waals surface area (Å²) in [4.78, 5) is 12.7. The van der Waals surface area contributed by atoms with Crippen molar-refractivity contribution in [2.75, 3.05) is 13.1 Å². The minimum absolute atomic E-state index is 0.0880. The Morgan fingerprint density at radius 2 is 2.09 bits per heavy atom. The van der Waals surface area contributed by atoms with Gasteiger partial charge in [0.1, 0.15) is 6.29 Å². The van der Waals surface area contributed by atoms with Crippen molar-refractivity contribution in [2.45, 2.75) is 18.9 Å². The molecule has 1 saturated heterocycles. The second kappa shape index (κ2) is 4.12. The number of nitrogens with zero attached hydrogens (tertiary/aromatic N) is 1. The highest BCUT2D eigenvalue weighted by atomic mass is 16.1. The average molecular weight is 151 g/mol. The molecule has 0 saturated carbocycles. The largest absolute Gasteiger partial charge is 0.301 e. The number of likely N-dealkylation sites (tertiary alicyclic amines) is 1. The van der Waals surface area contributed by atoms with E-state index < -0.39 is 0 Å². The second-order valence-electron chi connectivity index (χ2n) is 2.74. The van der Waals surface area contributed by atoms with E-state index in [1.165, 1.54) is 12.8 Å². The fraction of sp³-hybridized carbons (Fsp3) is 0.556. The topological polar surface area (TPSA) is 20.3 Å². The molecule has 0 aromatic heterocycles. The monoisotopic (exact) mass is 151 g/mol. The number of carbonyl (C=O) groups excluding carboxylic acids is 1. The van der Waals surface area contributed by atoms with Crippen LogP contribution in [0.5, 0.6) is 0 Å². The van der Waals surface area contributed by atoms with Crippen molar-refractivity contribution < 1.29 is 4.79 Å². The van der Waals surface area contributed by atoms with Gasteiger partial charge in [-0.15, -0.1) is 5.73 Å². The van der Waals surface area contributed by atoms with Gasteiger partial charge >= 0.3 is 0 Å². The molecule has 1 heterocycles. The third kappa shape index (κ3) is 2.04. The van der Waals surface area contributed by atoms with Gasteiger partial charge in [-0.2, -0.15) is 0 Å². The SMILES string of the molecule is C=C=CC(C=O)N1CCCC1. The first-order chi connectivity index (χ1) is 5.38.